The van der Waals surface area contributed by atoms with Gasteiger partial charge in [0.25, 0.3) is 5.89 Å². The van der Waals surface area contributed by atoms with E-state index in [1.54, 1.807) is 13.8 Å². The molecule has 0 aliphatic carbocycles. The number of hydrogen-bond donors (Lipinski definition) is 0. The molecule has 0 N–H and O–H groups in total. The van der Waals surface area contributed by atoms with Crippen LogP contribution in [0.2, 0.25) is 0 Å². The van der Waals surface area contributed by atoms with Gasteiger partial charge < -0.3 is 4.42 Å². The molecule has 0 unspecified atom stereocenters. The fourth-order valence-corrected chi connectivity index (χ4v) is 0.521. The molecule has 0 radical (unpaired) electrons. The molecule has 0 aliphatic rings. The molecule has 3 nitrogen and oxygen atoms in total. The summed E-state index contributed by atoms with van der Waals surface area (Å²) in [5.74, 6) is 0.997. The number of rotatable bonds is 1. The zero-order chi connectivity index (χ0) is 6.85. The first-order chi connectivity index (χ1) is 4.20. The van der Waals surface area contributed by atoms with E-state index in [1.807, 2.05) is 0 Å². The fraction of sp³-hybridized carbons (Fsp3) is 0.400. The molecular weight excluding hydrogens is 136 g/mol. The zero-order valence-electron chi connectivity index (χ0n) is 5.21. The molecule has 1 heterocycles. The van der Waals surface area contributed by atoms with E-state index in [4.69, 9.17) is 16.6 Å². The van der Waals surface area contributed by atoms with Gasteiger partial charge in [-0.3, -0.25) is 0 Å². The Bertz CT molecular complexity index is 231. The molecule has 0 bridgehead atoms. The van der Waals surface area contributed by atoms with Crippen molar-refractivity contribution in [2.24, 2.45) is 0 Å². The van der Waals surface area contributed by atoms with Gasteiger partial charge in [0, 0.05) is 6.92 Å². The minimum atomic E-state index is 0.447. The summed E-state index contributed by atoms with van der Waals surface area (Å²) < 4.78 is 4.98. The van der Waals surface area contributed by atoms with Gasteiger partial charge in [0.2, 0.25) is 5.89 Å². The van der Waals surface area contributed by atoms with Gasteiger partial charge in [-0.05, 0) is 6.92 Å². The van der Waals surface area contributed by atoms with Crippen LogP contribution in [0.3, 0.4) is 0 Å². The molecule has 0 saturated carbocycles. The van der Waals surface area contributed by atoms with Gasteiger partial charge in [0.1, 0.15) is 0 Å². The topological polar surface area (TPSA) is 38.9 Å². The van der Waals surface area contributed by atoms with Gasteiger partial charge in [0.15, 0.2) is 0 Å². The Hall–Kier alpha value is -0.770. The Morgan fingerprint density at radius 3 is 2.44 bits per heavy atom. The molecule has 1 rings (SSSR count). The molecular formula is C5H6N2OS. The van der Waals surface area contributed by atoms with Gasteiger partial charge in [-0.15, -0.1) is 10.2 Å². The standard InChI is InChI=1S/C5H6N2OS/c1-3(9)5-7-6-4(2)8-5/h1-2H3. The maximum absolute atomic E-state index is 4.98. The van der Waals surface area contributed by atoms with Gasteiger partial charge >= 0.3 is 0 Å². The van der Waals surface area contributed by atoms with E-state index in [2.05, 4.69) is 10.2 Å². The number of nitrogens with zero attached hydrogens (tertiary/aromatic N) is 2. The molecule has 0 atom stereocenters. The quantitative estimate of drug-likeness (QED) is 0.435. The lowest BCUT2D eigenvalue weighted by Gasteiger charge is -1.81. The molecule has 0 fully saturated rings. The Balaban J connectivity index is 2.98. The molecule has 1 aromatic rings. The predicted molar refractivity (Wildman–Crippen MR) is 36.4 cm³/mol. The lowest BCUT2D eigenvalue weighted by Crippen LogP contribution is -1.88. The van der Waals surface area contributed by atoms with Crippen molar-refractivity contribution in [2.75, 3.05) is 0 Å². The Labute approximate surface area is 58.1 Å². The van der Waals surface area contributed by atoms with Crippen molar-refractivity contribution in [3.63, 3.8) is 0 Å². The number of thiocarbonyl (C=S) groups is 1. The summed E-state index contributed by atoms with van der Waals surface area (Å²) in [6, 6.07) is 0. The van der Waals surface area contributed by atoms with Crippen molar-refractivity contribution in [1.29, 1.82) is 0 Å². The summed E-state index contributed by atoms with van der Waals surface area (Å²) in [7, 11) is 0. The first-order valence-corrected chi connectivity index (χ1v) is 2.92. The van der Waals surface area contributed by atoms with Gasteiger partial charge in [-0.25, -0.2) is 0 Å². The first-order valence-electron chi connectivity index (χ1n) is 2.51. The number of hydrogen-bond acceptors (Lipinski definition) is 4. The van der Waals surface area contributed by atoms with Crippen LogP contribution in [0.25, 0.3) is 0 Å². The second kappa shape index (κ2) is 2.23. The molecule has 0 aliphatic heterocycles. The molecule has 0 saturated heterocycles. The number of aryl methyl sites for hydroxylation is 1. The SMILES string of the molecule is CC(=S)c1nnc(C)o1. The highest BCUT2D eigenvalue weighted by atomic mass is 32.1. The van der Waals surface area contributed by atoms with Crippen LogP contribution in [0.5, 0.6) is 0 Å². The van der Waals surface area contributed by atoms with Crippen LogP contribution in [0.15, 0.2) is 4.42 Å². The van der Waals surface area contributed by atoms with Crippen LogP contribution in [0.4, 0.5) is 0 Å². The van der Waals surface area contributed by atoms with E-state index in [1.165, 1.54) is 0 Å². The maximum atomic E-state index is 4.98. The van der Waals surface area contributed by atoms with Crippen molar-refractivity contribution in [2.45, 2.75) is 13.8 Å². The zero-order valence-corrected chi connectivity index (χ0v) is 6.03. The highest BCUT2D eigenvalue weighted by molar-refractivity contribution is 7.80. The van der Waals surface area contributed by atoms with Gasteiger partial charge in [-0.2, -0.15) is 0 Å². The Morgan fingerprint density at radius 2 is 2.22 bits per heavy atom. The summed E-state index contributed by atoms with van der Waals surface area (Å²) in [5, 5.41) is 7.29. The van der Waals surface area contributed by atoms with Crippen LogP contribution < -0.4 is 0 Å². The van der Waals surface area contributed by atoms with Crippen molar-refractivity contribution >= 4 is 17.1 Å². The van der Waals surface area contributed by atoms with Crippen molar-refractivity contribution in [3.05, 3.63) is 11.8 Å². The predicted octanol–water partition coefficient (Wildman–Crippen LogP) is 1.12. The monoisotopic (exact) mass is 142 g/mol. The van der Waals surface area contributed by atoms with Crippen LogP contribution in [-0.2, 0) is 0 Å². The van der Waals surface area contributed by atoms with Gasteiger partial charge in [-0.1, -0.05) is 12.2 Å². The van der Waals surface area contributed by atoms with Crippen LogP contribution >= 0.6 is 12.2 Å². The second-order valence-corrected chi connectivity index (χ2v) is 2.29. The summed E-state index contributed by atoms with van der Waals surface area (Å²) >= 11 is 4.78. The minimum Gasteiger partial charge on any atom is -0.421 e. The van der Waals surface area contributed by atoms with Crippen LogP contribution in [0.1, 0.15) is 18.7 Å². The molecule has 0 amide bonds. The van der Waals surface area contributed by atoms with E-state index in [-0.39, 0.29) is 0 Å². The smallest absolute Gasteiger partial charge is 0.254 e. The Kier molecular flexibility index (Phi) is 1.57. The van der Waals surface area contributed by atoms with E-state index >= 15 is 0 Å². The van der Waals surface area contributed by atoms with E-state index in [0.29, 0.717) is 16.6 Å². The average Bonchev–Trinajstić information content (AvgIpc) is 2.14. The Morgan fingerprint density at radius 1 is 1.56 bits per heavy atom. The lowest BCUT2D eigenvalue weighted by molar-refractivity contribution is 0.511. The summed E-state index contributed by atoms with van der Waals surface area (Å²) in [4.78, 5) is 0.635. The lowest BCUT2D eigenvalue weighted by atomic mass is 10.5. The van der Waals surface area contributed by atoms with E-state index in [9.17, 15) is 0 Å². The van der Waals surface area contributed by atoms with Crippen LogP contribution in [-0.4, -0.2) is 15.1 Å². The molecule has 0 spiro atoms. The number of aromatic nitrogens is 2. The van der Waals surface area contributed by atoms with Crippen LogP contribution in [0, 0.1) is 6.92 Å². The average molecular weight is 142 g/mol. The molecule has 4 heteroatoms. The third-order valence-corrected chi connectivity index (χ3v) is 1.00. The second-order valence-electron chi connectivity index (χ2n) is 1.68. The molecule has 1 aromatic heterocycles. The molecule has 9 heavy (non-hydrogen) atoms. The first kappa shape index (κ1) is 6.35. The van der Waals surface area contributed by atoms with Crippen molar-refractivity contribution in [1.82, 2.24) is 10.2 Å². The normalized spacial score (nSPS) is 9.56. The third-order valence-electron chi connectivity index (χ3n) is 0.827. The third kappa shape index (κ3) is 1.32. The summed E-state index contributed by atoms with van der Waals surface area (Å²) in [6.45, 7) is 3.48. The highest BCUT2D eigenvalue weighted by Gasteiger charge is 2.01. The van der Waals surface area contributed by atoms with Crippen molar-refractivity contribution < 1.29 is 4.42 Å². The fourth-order valence-electron chi connectivity index (χ4n) is 0.439. The largest absolute Gasteiger partial charge is 0.421 e. The molecule has 0 aromatic carbocycles. The van der Waals surface area contributed by atoms with E-state index < -0.39 is 0 Å². The summed E-state index contributed by atoms with van der Waals surface area (Å²) in [5.41, 5.74) is 0. The maximum Gasteiger partial charge on any atom is 0.254 e. The van der Waals surface area contributed by atoms with Crippen molar-refractivity contribution in [3.8, 4) is 0 Å². The minimum absolute atomic E-state index is 0.447. The summed E-state index contributed by atoms with van der Waals surface area (Å²) in [6.07, 6.45) is 0. The highest BCUT2D eigenvalue weighted by Crippen LogP contribution is 1.98. The molecule has 48 valence electrons. The van der Waals surface area contributed by atoms with E-state index in [0.717, 1.165) is 0 Å². The van der Waals surface area contributed by atoms with Gasteiger partial charge in [0.05, 0.1) is 4.86 Å².